The van der Waals surface area contributed by atoms with E-state index in [1.165, 1.54) is 0 Å². The van der Waals surface area contributed by atoms with Crippen molar-refractivity contribution in [1.82, 2.24) is 10.2 Å². The molecule has 1 fully saturated rings. The Labute approximate surface area is 135 Å². The number of benzene rings is 1. The monoisotopic (exact) mass is 321 g/mol. The molecule has 23 heavy (non-hydrogen) atoms. The number of hydrogen-bond donors (Lipinski definition) is 2. The molecular weight excluding hydrogens is 298 g/mol. The van der Waals surface area contributed by atoms with Gasteiger partial charge in [-0.05, 0) is 25.0 Å². The van der Waals surface area contributed by atoms with E-state index in [1.54, 1.807) is 30.2 Å². The Bertz CT molecular complexity index is 530. The lowest BCUT2D eigenvalue weighted by atomic mass is 10.3. The van der Waals surface area contributed by atoms with E-state index in [0.29, 0.717) is 24.7 Å². The molecule has 2 rings (SSSR count). The van der Waals surface area contributed by atoms with Gasteiger partial charge in [-0.1, -0.05) is 12.1 Å². The number of likely N-dealkylation sites (tertiary alicyclic amines) is 1. The van der Waals surface area contributed by atoms with Crippen LogP contribution in [0.1, 0.15) is 12.8 Å². The number of amides is 3. The molecule has 1 aromatic carbocycles. The number of nitrogens with one attached hydrogen (secondary N) is 2. The third-order valence-corrected chi connectivity index (χ3v) is 3.54. The zero-order valence-electron chi connectivity index (χ0n) is 13.3. The van der Waals surface area contributed by atoms with Gasteiger partial charge in [-0.25, -0.2) is 4.79 Å². The van der Waals surface area contributed by atoms with Gasteiger partial charge in [-0.15, -0.1) is 0 Å². The van der Waals surface area contributed by atoms with Crippen LogP contribution < -0.4 is 15.4 Å². The standard InChI is InChI=1S/C16H23N3O4/c1-22-10-11-23-14-7-3-2-6-13(14)18-16(21)17-12-15(20)19-8-4-5-9-19/h2-3,6-7H,4-5,8-12H2,1H3,(H2,17,18,21). The van der Waals surface area contributed by atoms with E-state index in [1.807, 2.05) is 6.07 Å². The van der Waals surface area contributed by atoms with Crippen LogP contribution in [-0.4, -0.2) is 56.8 Å². The van der Waals surface area contributed by atoms with Crippen molar-refractivity contribution in [2.75, 3.05) is 45.3 Å². The molecule has 7 heteroatoms. The summed E-state index contributed by atoms with van der Waals surface area (Å²) in [7, 11) is 1.60. The summed E-state index contributed by atoms with van der Waals surface area (Å²) in [6.07, 6.45) is 2.06. The fourth-order valence-corrected chi connectivity index (χ4v) is 2.33. The molecule has 1 aromatic rings. The van der Waals surface area contributed by atoms with E-state index in [-0.39, 0.29) is 12.5 Å². The van der Waals surface area contributed by atoms with Gasteiger partial charge < -0.3 is 25.0 Å². The van der Waals surface area contributed by atoms with Gasteiger partial charge in [0, 0.05) is 20.2 Å². The molecule has 1 aliphatic heterocycles. The van der Waals surface area contributed by atoms with Crippen LogP contribution in [0.3, 0.4) is 0 Å². The van der Waals surface area contributed by atoms with E-state index >= 15 is 0 Å². The van der Waals surface area contributed by atoms with E-state index in [0.717, 1.165) is 25.9 Å². The lowest BCUT2D eigenvalue weighted by Gasteiger charge is -2.16. The molecule has 126 valence electrons. The Balaban J connectivity index is 1.81. The molecular formula is C16H23N3O4. The van der Waals surface area contributed by atoms with Gasteiger partial charge in [0.25, 0.3) is 0 Å². The van der Waals surface area contributed by atoms with Crippen molar-refractivity contribution >= 4 is 17.6 Å². The summed E-state index contributed by atoms with van der Waals surface area (Å²) in [5.41, 5.74) is 0.551. The topological polar surface area (TPSA) is 79.9 Å². The maximum Gasteiger partial charge on any atom is 0.319 e. The molecule has 1 saturated heterocycles. The summed E-state index contributed by atoms with van der Waals surface area (Å²) in [6.45, 7) is 2.41. The summed E-state index contributed by atoms with van der Waals surface area (Å²) in [5, 5.41) is 5.28. The molecule has 0 radical (unpaired) electrons. The van der Waals surface area contributed by atoms with Gasteiger partial charge in [0.05, 0.1) is 18.8 Å². The van der Waals surface area contributed by atoms with Crippen molar-refractivity contribution in [3.05, 3.63) is 24.3 Å². The number of hydrogen-bond acceptors (Lipinski definition) is 4. The molecule has 3 amide bonds. The Morgan fingerprint density at radius 3 is 2.65 bits per heavy atom. The molecule has 0 bridgehead atoms. The summed E-state index contributed by atoms with van der Waals surface area (Å²) in [5.74, 6) is 0.507. The van der Waals surface area contributed by atoms with E-state index in [2.05, 4.69) is 10.6 Å². The minimum atomic E-state index is -0.430. The van der Waals surface area contributed by atoms with Crippen LogP contribution in [0.5, 0.6) is 5.75 Å². The molecule has 0 unspecified atom stereocenters. The first kappa shape index (κ1) is 17.1. The smallest absolute Gasteiger partial charge is 0.319 e. The van der Waals surface area contributed by atoms with Crippen molar-refractivity contribution in [1.29, 1.82) is 0 Å². The second-order valence-corrected chi connectivity index (χ2v) is 5.23. The number of methoxy groups -OCH3 is 1. The Morgan fingerprint density at radius 1 is 1.17 bits per heavy atom. The molecule has 1 heterocycles. The van der Waals surface area contributed by atoms with Crippen molar-refractivity contribution in [3.8, 4) is 5.75 Å². The van der Waals surface area contributed by atoms with Crippen LogP contribution in [0.15, 0.2) is 24.3 Å². The number of rotatable bonds is 7. The van der Waals surface area contributed by atoms with Crippen LogP contribution in [0.4, 0.5) is 10.5 Å². The second-order valence-electron chi connectivity index (χ2n) is 5.23. The summed E-state index contributed by atoms with van der Waals surface area (Å²) >= 11 is 0. The predicted molar refractivity (Wildman–Crippen MR) is 86.6 cm³/mol. The lowest BCUT2D eigenvalue weighted by molar-refractivity contribution is -0.128. The van der Waals surface area contributed by atoms with Gasteiger partial charge in [-0.2, -0.15) is 0 Å². The number of anilines is 1. The third kappa shape index (κ3) is 5.45. The number of carbonyl (C=O) groups excluding carboxylic acids is 2. The Hall–Kier alpha value is -2.28. The molecule has 0 saturated carbocycles. The summed E-state index contributed by atoms with van der Waals surface area (Å²) in [4.78, 5) is 25.6. The van der Waals surface area contributed by atoms with E-state index in [9.17, 15) is 9.59 Å². The molecule has 0 atom stereocenters. The quantitative estimate of drug-likeness (QED) is 0.745. The first-order valence-corrected chi connectivity index (χ1v) is 7.74. The highest BCUT2D eigenvalue weighted by Gasteiger charge is 2.18. The largest absolute Gasteiger partial charge is 0.489 e. The maximum absolute atomic E-state index is 11.9. The molecule has 1 aliphatic rings. The fourth-order valence-electron chi connectivity index (χ4n) is 2.33. The first-order valence-electron chi connectivity index (χ1n) is 7.74. The van der Waals surface area contributed by atoms with E-state index < -0.39 is 6.03 Å². The number of ether oxygens (including phenoxy) is 2. The zero-order valence-corrected chi connectivity index (χ0v) is 13.3. The zero-order chi connectivity index (χ0) is 16.5. The molecule has 7 nitrogen and oxygen atoms in total. The number of carbonyl (C=O) groups is 2. The van der Waals surface area contributed by atoms with Crippen LogP contribution in [0, 0.1) is 0 Å². The fraction of sp³-hybridized carbons (Fsp3) is 0.500. The molecule has 0 aliphatic carbocycles. The lowest BCUT2D eigenvalue weighted by Crippen LogP contribution is -2.40. The van der Waals surface area contributed by atoms with Gasteiger partial charge in [-0.3, -0.25) is 4.79 Å². The summed E-state index contributed by atoms with van der Waals surface area (Å²) in [6, 6.07) is 6.70. The Morgan fingerprint density at radius 2 is 1.91 bits per heavy atom. The highest BCUT2D eigenvalue weighted by Crippen LogP contribution is 2.23. The SMILES string of the molecule is COCCOc1ccccc1NC(=O)NCC(=O)N1CCCC1. The number of nitrogens with zero attached hydrogens (tertiary/aromatic N) is 1. The number of urea groups is 1. The van der Waals surface area contributed by atoms with Crippen LogP contribution >= 0.6 is 0 Å². The normalized spacial score (nSPS) is 13.7. The third-order valence-electron chi connectivity index (χ3n) is 3.54. The Kier molecular flexibility index (Phi) is 6.68. The van der Waals surface area contributed by atoms with Crippen molar-refractivity contribution < 1.29 is 19.1 Å². The molecule has 0 aromatic heterocycles. The molecule has 2 N–H and O–H groups in total. The number of para-hydroxylation sites is 2. The van der Waals surface area contributed by atoms with Gasteiger partial charge in [0.15, 0.2) is 0 Å². The van der Waals surface area contributed by atoms with E-state index in [4.69, 9.17) is 9.47 Å². The predicted octanol–water partition coefficient (Wildman–Crippen LogP) is 1.46. The van der Waals surface area contributed by atoms with Gasteiger partial charge in [0.1, 0.15) is 12.4 Å². The minimum Gasteiger partial charge on any atom is -0.489 e. The first-order chi connectivity index (χ1) is 11.2. The van der Waals surface area contributed by atoms with Crippen LogP contribution in [-0.2, 0) is 9.53 Å². The highest BCUT2D eigenvalue weighted by atomic mass is 16.5. The van der Waals surface area contributed by atoms with Crippen molar-refractivity contribution in [2.45, 2.75) is 12.8 Å². The van der Waals surface area contributed by atoms with Crippen LogP contribution in [0.2, 0.25) is 0 Å². The molecule has 0 spiro atoms. The average Bonchev–Trinajstić information content (AvgIpc) is 3.09. The average molecular weight is 321 g/mol. The minimum absolute atomic E-state index is 0.00146. The maximum atomic E-state index is 11.9. The van der Waals surface area contributed by atoms with Gasteiger partial charge in [0.2, 0.25) is 5.91 Å². The summed E-state index contributed by atoms with van der Waals surface area (Å²) < 4.78 is 10.5. The van der Waals surface area contributed by atoms with Crippen molar-refractivity contribution in [3.63, 3.8) is 0 Å². The van der Waals surface area contributed by atoms with Crippen LogP contribution in [0.25, 0.3) is 0 Å². The van der Waals surface area contributed by atoms with Gasteiger partial charge >= 0.3 is 6.03 Å². The second kappa shape index (κ2) is 8.99. The highest BCUT2D eigenvalue weighted by molar-refractivity contribution is 5.93. The van der Waals surface area contributed by atoms with Crippen molar-refractivity contribution in [2.24, 2.45) is 0 Å².